The SMILES string of the molecule is CCC[C@@H]1CC2=CC(=O)CC[C@]2(C)[C@H]2CC[C@]3(C)C(=C(F)C(=O)OCC)CC[C@H]3[C@H]12. The van der Waals surface area contributed by atoms with Crippen LogP contribution in [0.3, 0.4) is 0 Å². The number of halogens is 1. The van der Waals surface area contributed by atoms with E-state index in [1.54, 1.807) is 6.92 Å². The summed E-state index contributed by atoms with van der Waals surface area (Å²) in [5, 5.41) is 0. The first-order valence-corrected chi connectivity index (χ1v) is 12.1. The smallest absolute Gasteiger partial charge is 0.367 e. The number of esters is 1. The minimum atomic E-state index is -0.784. The molecule has 0 aromatic carbocycles. The Bertz CT molecular complexity index is 796. The maximum Gasteiger partial charge on any atom is 0.367 e. The molecule has 30 heavy (non-hydrogen) atoms. The van der Waals surface area contributed by atoms with Gasteiger partial charge in [0, 0.05) is 6.42 Å². The Morgan fingerprint density at radius 1 is 1.13 bits per heavy atom. The van der Waals surface area contributed by atoms with Gasteiger partial charge in [0.2, 0.25) is 5.83 Å². The molecule has 4 heteroatoms. The van der Waals surface area contributed by atoms with E-state index in [1.165, 1.54) is 5.57 Å². The van der Waals surface area contributed by atoms with Crippen LogP contribution in [0.15, 0.2) is 23.0 Å². The third kappa shape index (κ3) is 3.20. The number of ketones is 1. The number of hydrogen-bond acceptors (Lipinski definition) is 3. The van der Waals surface area contributed by atoms with E-state index >= 15 is 4.39 Å². The third-order valence-corrected chi connectivity index (χ3v) is 9.30. The minimum Gasteiger partial charge on any atom is -0.461 e. The van der Waals surface area contributed by atoms with Gasteiger partial charge in [-0.05, 0) is 91.6 Å². The lowest BCUT2D eigenvalue weighted by atomic mass is 9.44. The largest absolute Gasteiger partial charge is 0.461 e. The van der Waals surface area contributed by atoms with Gasteiger partial charge in [0.1, 0.15) is 0 Å². The first-order chi connectivity index (χ1) is 14.3. The Balaban J connectivity index is 1.72. The molecule has 4 rings (SSSR count). The lowest BCUT2D eigenvalue weighted by Gasteiger charge is -2.60. The fourth-order valence-electron chi connectivity index (χ4n) is 7.86. The molecule has 3 nitrogen and oxygen atoms in total. The fraction of sp³-hybridized carbons (Fsp3) is 0.769. The van der Waals surface area contributed by atoms with Crippen molar-refractivity contribution in [3.05, 3.63) is 23.0 Å². The highest BCUT2D eigenvalue weighted by atomic mass is 19.1. The van der Waals surface area contributed by atoms with Crippen molar-refractivity contribution >= 4 is 11.8 Å². The molecule has 6 atom stereocenters. The highest BCUT2D eigenvalue weighted by molar-refractivity contribution is 5.91. The Labute approximate surface area is 180 Å². The maximum absolute atomic E-state index is 15.1. The molecule has 0 amide bonds. The molecule has 0 heterocycles. The second kappa shape index (κ2) is 7.91. The summed E-state index contributed by atoms with van der Waals surface area (Å²) in [6.07, 6.45) is 10.5. The van der Waals surface area contributed by atoms with E-state index in [-0.39, 0.29) is 17.4 Å². The van der Waals surface area contributed by atoms with Crippen molar-refractivity contribution in [2.75, 3.05) is 6.61 Å². The number of hydrogen-bond donors (Lipinski definition) is 0. The van der Waals surface area contributed by atoms with Crippen LogP contribution in [-0.4, -0.2) is 18.4 Å². The molecule has 0 aromatic heterocycles. The van der Waals surface area contributed by atoms with Gasteiger partial charge in [0.15, 0.2) is 5.78 Å². The standard InChI is InChI=1S/C26H37FO3/c1-5-7-16-14-17-15-18(28)10-12-25(17,3)20-11-13-26(4)19(22(16)20)8-9-21(26)23(27)24(29)30-6-2/h15-16,19-20,22H,5-14H2,1-4H3/t16-,19+,20+,22+,25+,26+/m1/s1. The molecule has 166 valence electrons. The predicted octanol–water partition coefficient (Wildman–Crippen LogP) is 6.33. The zero-order valence-electron chi connectivity index (χ0n) is 19.1. The van der Waals surface area contributed by atoms with Gasteiger partial charge in [-0.3, -0.25) is 4.79 Å². The van der Waals surface area contributed by atoms with Gasteiger partial charge >= 0.3 is 5.97 Å². The second-order valence-corrected chi connectivity index (χ2v) is 10.6. The number of ether oxygens (including phenoxy) is 1. The lowest BCUT2D eigenvalue weighted by Crippen LogP contribution is -2.53. The van der Waals surface area contributed by atoms with Gasteiger partial charge in [-0.2, -0.15) is 4.39 Å². The number of fused-ring (bicyclic) bond motifs is 5. The van der Waals surface area contributed by atoms with E-state index in [9.17, 15) is 9.59 Å². The summed E-state index contributed by atoms with van der Waals surface area (Å²) in [6, 6.07) is 0. The average Bonchev–Trinajstić information content (AvgIpc) is 3.06. The molecule has 0 bridgehead atoms. The van der Waals surface area contributed by atoms with E-state index in [0.29, 0.717) is 47.9 Å². The lowest BCUT2D eigenvalue weighted by molar-refractivity contribution is -0.140. The van der Waals surface area contributed by atoms with E-state index in [0.717, 1.165) is 44.9 Å². The van der Waals surface area contributed by atoms with Gasteiger partial charge in [0.05, 0.1) is 6.61 Å². The number of rotatable bonds is 4. The van der Waals surface area contributed by atoms with Crippen molar-refractivity contribution in [2.45, 2.75) is 85.5 Å². The average molecular weight is 417 g/mol. The molecular weight excluding hydrogens is 379 g/mol. The minimum absolute atomic E-state index is 0.107. The van der Waals surface area contributed by atoms with Crippen LogP contribution in [0.4, 0.5) is 4.39 Å². The van der Waals surface area contributed by atoms with Crippen molar-refractivity contribution in [1.82, 2.24) is 0 Å². The summed E-state index contributed by atoms with van der Waals surface area (Å²) >= 11 is 0. The first kappa shape index (κ1) is 21.8. The Morgan fingerprint density at radius 2 is 1.87 bits per heavy atom. The van der Waals surface area contributed by atoms with Gasteiger partial charge < -0.3 is 4.74 Å². The normalized spacial score (nSPS) is 42.0. The number of allylic oxidation sites excluding steroid dienone is 2. The molecule has 0 spiro atoms. The highest BCUT2D eigenvalue weighted by Crippen LogP contribution is 2.68. The molecule has 3 fully saturated rings. The van der Waals surface area contributed by atoms with Crippen LogP contribution in [0.2, 0.25) is 0 Å². The summed E-state index contributed by atoms with van der Waals surface area (Å²) in [6.45, 7) is 8.76. The highest BCUT2D eigenvalue weighted by Gasteiger charge is 2.60. The molecule has 3 saturated carbocycles. The van der Waals surface area contributed by atoms with Crippen LogP contribution in [0.25, 0.3) is 0 Å². The van der Waals surface area contributed by atoms with Crippen LogP contribution in [0, 0.1) is 34.5 Å². The van der Waals surface area contributed by atoms with E-state index in [4.69, 9.17) is 4.74 Å². The molecule has 4 aliphatic rings. The topological polar surface area (TPSA) is 43.4 Å². The zero-order valence-corrected chi connectivity index (χ0v) is 19.1. The van der Waals surface area contributed by atoms with Crippen molar-refractivity contribution in [3.63, 3.8) is 0 Å². The summed E-state index contributed by atoms with van der Waals surface area (Å²) < 4.78 is 20.1. The molecule has 0 radical (unpaired) electrons. The Hall–Kier alpha value is -1.45. The van der Waals surface area contributed by atoms with Crippen molar-refractivity contribution < 1.29 is 18.7 Å². The van der Waals surface area contributed by atoms with Crippen LogP contribution in [0.5, 0.6) is 0 Å². The van der Waals surface area contributed by atoms with Crippen LogP contribution in [0.1, 0.15) is 85.5 Å². The molecule has 0 aliphatic heterocycles. The molecule has 0 aromatic rings. The van der Waals surface area contributed by atoms with Crippen LogP contribution >= 0.6 is 0 Å². The molecule has 0 unspecified atom stereocenters. The van der Waals surface area contributed by atoms with E-state index < -0.39 is 11.8 Å². The summed E-state index contributed by atoms with van der Waals surface area (Å²) in [7, 11) is 0. The fourth-order valence-corrected chi connectivity index (χ4v) is 7.86. The number of carbonyl (C=O) groups is 2. The van der Waals surface area contributed by atoms with Crippen LogP contribution in [-0.2, 0) is 14.3 Å². The zero-order chi connectivity index (χ0) is 21.7. The Morgan fingerprint density at radius 3 is 2.57 bits per heavy atom. The van der Waals surface area contributed by atoms with Crippen molar-refractivity contribution in [1.29, 1.82) is 0 Å². The monoisotopic (exact) mass is 416 g/mol. The second-order valence-electron chi connectivity index (χ2n) is 10.6. The van der Waals surface area contributed by atoms with Crippen molar-refractivity contribution in [3.8, 4) is 0 Å². The van der Waals surface area contributed by atoms with E-state index in [1.807, 2.05) is 6.08 Å². The van der Waals surface area contributed by atoms with E-state index in [2.05, 4.69) is 20.8 Å². The molecule has 0 saturated heterocycles. The van der Waals surface area contributed by atoms with Crippen molar-refractivity contribution in [2.24, 2.45) is 34.5 Å². The van der Waals surface area contributed by atoms with Gasteiger partial charge in [0.25, 0.3) is 0 Å². The summed E-state index contributed by atoms with van der Waals surface area (Å²) in [4.78, 5) is 24.4. The molecule has 0 N–H and O–H groups in total. The molecular formula is C26H37FO3. The summed E-state index contributed by atoms with van der Waals surface area (Å²) in [5.74, 6) is 0.960. The Kier molecular flexibility index (Phi) is 5.74. The van der Waals surface area contributed by atoms with Gasteiger partial charge in [-0.25, -0.2) is 4.79 Å². The third-order valence-electron chi connectivity index (χ3n) is 9.30. The predicted molar refractivity (Wildman–Crippen MR) is 115 cm³/mol. The summed E-state index contributed by atoms with van der Waals surface area (Å²) in [5.41, 5.74) is 1.96. The van der Waals surface area contributed by atoms with Gasteiger partial charge in [-0.1, -0.05) is 39.2 Å². The first-order valence-electron chi connectivity index (χ1n) is 12.1. The maximum atomic E-state index is 15.1. The number of carbonyl (C=O) groups excluding carboxylic acids is 2. The molecule has 4 aliphatic carbocycles. The quantitative estimate of drug-likeness (QED) is 0.397. The van der Waals surface area contributed by atoms with Crippen LogP contribution < -0.4 is 0 Å². The van der Waals surface area contributed by atoms with Gasteiger partial charge in [-0.15, -0.1) is 0 Å².